The Labute approximate surface area is 201 Å². The highest BCUT2D eigenvalue weighted by molar-refractivity contribution is 5.90. The number of hydrogen-bond acceptors (Lipinski definition) is 6. The van der Waals surface area contributed by atoms with Crippen LogP contribution in [0.4, 0.5) is 10.6 Å². The monoisotopic (exact) mass is 459 g/mol. The first kappa shape index (κ1) is 22.6. The Hall–Kier alpha value is -3.22. The number of piperidine rings is 1. The molecule has 2 fully saturated rings. The fourth-order valence-corrected chi connectivity index (χ4v) is 5.05. The van der Waals surface area contributed by atoms with Gasteiger partial charge in [0.05, 0.1) is 5.52 Å². The number of carbonyl (C=O) groups is 1. The number of aromatic nitrogens is 3. The van der Waals surface area contributed by atoms with Crippen LogP contribution in [0.15, 0.2) is 49.1 Å². The minimum Gasteiger partial charge on any atom is -0.444 e. The molecule has 2 aromatic heterocycles. The van der Waals surface area contributed by atoms with Crippen LogP contribution in [0.3, 0.4) is 0 Å². The Morgan fingerprint density at radius 2 is 1.82 bits per heavy atom. The van der Waals surface area contributed by atoms with Gasteiger partial charge in [-0.1, -0.05) is 12.1 Å². The van der Waals surface area contributed by atoms with Crippen LogP contribution in [0.1, 0.15) is 44.7 Å². The Morgan fingerprint density at radius 1 is 1.06 bits per heavy atom. The summed E-state index contributed by atoms with van der Waals surface area (Å²) < 4.78 is 5.55. The molecule has 4 heterocycles. The first-order chi connectivity index (χ1) is 16.3. The van der Waals surface area contributed by atoms with E-state index < -0.39 is 5.60 Å². The highest BCUT2D eigenvalue weighted by atomic mass is 16.6. The molecule has 0 atom stereocenters. The van der Waals surface area contributed by atoms with Gasteiger partial charge in [-0.15, -0.1) is 0 Å². The van der Waals surface area contributed by atoms with Gasteiger partial charge >= 0.3 is 6.09 Å². The molecule has 7 nitrogen and oxygen atoms in total. The molecular formula is C27H33N5O2. The van der Waals surface area contributed by atoms with Gasteiger partial charge in [-0.05, 0) is 75.8 Å². The van der Waals surface area contributed by atoms with Gasteiger partial charge in [-0.2, -0.15) is 0 Å². The van der Waals surface area contributed by atoms with Gasteiger partial charge in [-0.3, -0.25) is 4.98 Å². The van der Waals surface area contributed by atoms with E-state index in [2.05, 4.69) is 44.1 Å². The fraction of sp³-hybridized carbons (Fsp3) is 0.481. The molecule has 1 aromatic carbocycles. The molecular weight excluding hydrogens is 426 g/mol. The molecule has 3 aromatic rings. The normalized spacial score (nSPS) is 17.6. The first-order valence-electron chi connectivity index (χ1n) is 12.2. The van der Waals surface area contributed by atoms with E-state index in [1.165, 1.54) is 11.1 Å². The second kappa shape index (κ2) is 8.85. The second-order valence-electron chi connectivity index (χ2n) is 10.7. The number of rotatable bonds is 4. The topological polar surface area (TPSA) is 71.5 Å². The summed E-state index contributed by atoms with van der Waals surface area (Å²) >= 11 is 0. The van der Waals surface area contributed by atoms with Crippen molar-refractivity contribution in [1.82, 2.24) is 19.9 Å². The van der Waals surface area contributed by atoms with Gasteiger partial charge in [0.25, 0.3) is 0 Å². The number of carbonyl (C=O) groups excluding carboxylic acids is 1. The lowest BCUT2D eigenvalue weighted by Gasteiger charge is -2.54. The fourth-order valence-electron chi connectivity index (χ4n) is 5.05. The number of benzene rings is 1. The zero-order chi connectivity index (χ0) is 23.8. The van der Waals surface area contributed by atoms with E-state index in [9.17, 15) is 4.79 Å². The van der Waals surface area contributed by atoms with Crippen LogP contribution in [0, 0.1) is 5.41 Å². The highest BCUT2D eigenvalue weighted by Crippen LogP contribution is 2.43. The lowest BCUT2D eigenvalue weighted by atomic mass is 9.72. The van der Waals surface area contributed by atoms with Gasteiger partial charge in [0.15, 0.2) is 0 Å². The Bertz CT molecular complexity index is 1160. The van der Waals surface area contributed by atoms with Crippen LogP contribution in [0.5, 0.6) is 0 Å². The molecule has 2 aliphatic rings. The number of likely N-dealkylation sites (tertiary alicyclic amines) is 1. The molecule has 1 spiro atoms. The SMILES string of the molecule is CC(C)(C)OC(=O)N1CCC2(CC1)CN(c1ncnc3ccc(CCc4cccnc4)cc13)C2. The maximum Gasteiger partial charge on any atom is 0.410 e. The first-order valence-corrected chi connectivity index (χ1v) is 12.2. The number of nitrogens with zero attached hydrogens (tertiary/aromatic N) is 5. The van der Waals surface area contributed by atoms with Crippen LogP contribution in [0.2, 0.25) is 0 Å². The smallest absolute Gasteiger partial charge is 0.410 e. The van der Waals surface area contributed by atoms with E-state index in [0.717, 1.165) is 68.6 Å². The van der Waals surface area contributed by atoms with Crippen LogP contribution in [0.25, 0.3) is 10.9 Å². The van der Waals surface area contributed by atoms with Crippen molar-refractivity contribution in [2.45, 2.75) is 52.1 Å². The Morgan fingerprint density at radius 3 is 2.53 bits per heavy atom. The minimum absolute atomic E-state index is 0.195. The quantitative estimate of drug-likeness (QED) is 0.566. The number of ether oxygens (including phenoxy) is 1. The van der Waals surface area contributed by atoms with Crippen molar-refractivity contribution in [3.8, 4) is 0 Å². The maximum atomic E-state index is 12.4. The summed E-state index contributed by atoms with van der Waals surface area (Å²) in [5.41, 5.74) is 3.32. The third-order valence-electron chi connectivity index (χ3n) is 6.93. The Balaban J connectivity index is 1.24. The van der Waals surface area contributed by atoms with E-state index in [4.69, 9.17) is 4.74 Å². The molecule has 0 N–H and O–H groups in total. The number of hydrogen-bond donors (Lipinski definition) is 0. The maximum absolute atomic E-state index is 12.4. The van der Waals surface area contributed by atoms with Crippen LogP contribution < -0.4 is 4.90 Å². The van der Waals surface area contributed by atoms with Crippen molar-refractivity contribution < 1.29 is 9.53 Å². The third-order valence-corrected chi connectivity index (χ3v) is 6.93. The van der Waals surface area contributed by atoms with Crippen molar-refractivity contribution in [2.75, 3.05) is 31.1 Å². The summed E-state index contributed by atoms with van der Waals surface area (Å²) in [6.07, 6.45) is 9.14. The molecule has 0 unspecified atom stereocenters. The zero-order valence-corrected chi connectivity index (χ0v) is 20.3. The molecule has 0 saturated carbocycles. The predicted molar refractivity (Wildman–Crippen MR) is 133 cm³/mol. The van der Waals surface area contributed by atoms with Crippen molar-refractivity contribution in [3.63, 3.8) is 0 Å². The van der Waals surface area contributed by atoms with E-state index in [0.29, 0.717) is 0 Å². The van der Waals surface area contributed by atoms with Crippen molar-refractivity contribution >= 4 is 22.8 Å². The molecule has 1 amide bonds. The van der Waals surface area contributed by atoms with E-state index in [1.807, 2.05) is 44.1 Å². The van der Waals surface area contributed by atoms with Crippen molar-refractivity contribution in [1.29, 1.82) is 0 Å². The van der Waals surface area contributed by atoms with E-state index in [1.54, 1.807) is 6.33 Å². The Kier molecular flexibility index (Phi) is 5.88. The molecule has 2 aliphatic heterocycles. The molecule has 178 valence electrons. The molecule has 5 rings (SSSR count). The van der Waals surface area contributed by atoms with Crippen LogP contribution >= 0.6 is 0 Å². The highest BCUT2D eigenvalue weighted by Gasteiger charge is 2.46. The van der Waals surface area contributed by atoms with E-state index in [-0.39, 0.29) is 11.5 Å². The molecule has 2 saturated heterocycles. The molecule has 0 bridgehead atoms. The number of anilines is 1. The van der Waals surface area contributed by atoms with Crippen LogP contribution in [-0.2, 0) is 17.6 Å². The lowest BCUT2D eigenvalue weighted by Crippen LogP contribution is -2.61. The lowest BCUT2D eigenvalue weighted by molar-refractivity contribution is 0.00593. The zero-order valence-electron chi connectivity index (χ0n) is 20.3. The molecule has 7 heteroatoms. The largest absolute Gasteiger partial charge is 0.444 e. The van der Waals surface area contributed by atoms with Gasteiger partial charge in [0.1, 0.15) is 17.7 Å². The molecule has 34 heavy (non-hydrogen) atoms. The summed E-state index contributed by atoms with van der Waals surface area (Å²) in [5, 5.41) is 1.12. The van der Waals surface area contributed by atoms with Crippen molar-refractivity contribution in [3.05, 3.63) is 60.2 Å². The third kappa shape index (κ3) is 4.83. The average Bonchev–Trinajstić information content (AvgIpc) is 2.80. The van der Waals surface area contributed by atoms with Gasteiger partial charge < -0.3 is 14.5 Å². The van der Waals surface area contributed by atoms with Crippen molar-refractivity contribution in [2.24, 2.45) is 5.41 Å². The summed E-state index contributed by atoms with van der Waals surface area (Å²) in [6, 6.07) is 10.6. The summed E-state index contributed by atoms with van der Waals surface area (Å²) in [6.45, 7) is 9.20. The van der Waals surface area contributed by atoms with Gasteiger partial charge in [0, 0.05) is 49.4 Å². The van der Waals surface area contributed by atoms with Crippen LogP contribution in [-0.4, -0.2) is 57.7 Å². The standard InChI is InChI=1S/C27H33N5O2/c1-26(2,3)34-25(33)31-13-10-27(11-14-31)17-32(18-27)24-22-15-20(8-9-23(22)29-19-30-24)6-7-21-5-4-12-28-16-21/h4-5,8-9,12,15-16,19H,6-7,10-11,13-14,17-18H2,1-3H3. The number of aryl methyl sites for hydroxylation is 2. The molecule has 0 radical (unpaired) electrons. The number of fused-ring (bicyclic) bond motifs is 1. The summed E-state index contributed by atoms with van der Waals surface area (Å²) in [4.78, 5) is 30.0. The van der Waals surface area contributed by atoms with E-state index >= 15 is 0 Å². The number of pyridine rings is 1. The average molecular weight is 460 g/mol. The number of amides is 1. The minimum atomic E-state index is -0.454. The summed E-state index contributed by atoms with van der Waals surface area (Å²) in [5.74, 6) is 1.02. The predicted octanol–water partition coefficient (Wildman–Crippen LogP) is 4.65. The van der Waals surface area contributed by atoms with Gasteiger partial charge in [-0.25, -0.2) is 14.8 Å². The van der Waals surface area contributed by atoms with Gasteiger partial charge in [0.2, 0.25) is 0 Å². The molecule has 0 aliphatic carbocycles. The summed E-state index contributed by atoms with van der Waals surface area (Å²) in [7, 11) is 0. The second-order valence-corrected chi connectivity index (χ2v) is 10.7.